The Hall–Kier alpha value is -0.720. The van der Waals surface area contributed by atoms with Gasteiger partial charge in [-0.3, -0.25) is 14.4 Å². The van der Waals surface area contributed by atoms with Crippen LogP contribution in [-0.2, 0) is 19.1 Å². The van der Waals surface area contributed by atoms with Crippen molar-refractivity contribution in [2.75, 3.05) is 5.88 Å². The summed E-state index contributed by atoms with van der Waals surface area (Å²) in [5.41, 5.74) is -1.31. The molecule has 0 aromatic rings. The summed E-state index contributed by atoms with van der Waals surface area (Å²) in [6, 6.07) is 0. The zero-order valence-corrected chi connectivity index (χ0v) is 22.6. The Bertz CT molecular complexity index is 918. The number of carbonyl (C=O) groups excluding carboxylic acids is 3. The number of allylic oxidation sites excluding steroid dienone is 1. The molecule has 184 valence electrons. The largest absolute Gasteiger partial charge is 0.450 e. The summed E-state index contributed by atoms with van der Waals surface area (Å²) in [6.07, 6.45) is 4.24. The predicted octanol–water partition coefficient (Wildman–Crippen LogP) is 5.00. The lowest BCUT2D eigenvalue weighted by Crippen LogP contribution is -2.70. The van der Waals surface area contributed by atoms with Gasteiger partial charge in [0, 0.05) is 29.6 Å². The van der Waals surface area contributed by atoms with Crippen LogP contribution in [0.25, 0.3) is 0 Å². The van der Waals surface area contributed by atoms with Crippen molar-refractivity contribution < 1.29 is 24.2 Å². The van der Waals surface area contributed by atoms with Gasteiger partial charge in [-0.2, -0.15) is 0 Å². The van der Waals surface area contributed by atoms with Crippen molar-refractivity contribution in [1.82, 2.24) is 0 Å². The third-order valence-corrected chi connectivity index (χ3v) is 12.2. The molecule has 3 fully saturated rings. The van der Waals surface area contributed by atoms with Crippen LogP contribution in [0.1, 0.15) is 73.1 Å². The van der Waals surface area contributed by atoms with Crippen LogP contribution >= 0.6 is 27.5 Å². The molecular weight excluding hydrogens is 508 g/mol. The first-order valence-corrected chi connectivity index (χ1v) is 13.6. The van der Waals surface area contributed by atoms with E-state index in [9.17, 15) is 19.5 Å². The number of ether oxygens (including phenoxy) is 1. The number of rotatable bonds is 4. The van der Waals surface area contributed by atoms with Crippen molar-refractivity contribution in [3.05, 3.63) is 11.6 Å². The van der Waals surface area contributed by atoms with Crippen molar-refractivity contribution in [1.29, 1.82) is 0 Å². The molecule has 1 N–H and O–H groups in total. The number of hydrogen-bond donors (Lipinski definition) is 1. The van der Waals surface area contributed by atoms with Crippen LogP contribution in [-0.4, -0.2) is 44.6 Å². The van der Waals surface area contributed by atoms with E-state index in [-0.39, 0.29) is 53.0 Å². The summed E-state index contributed by atoms with van der Waals surface area (Å²) in [5, 5.41) is 11.9. The van der Waals surface area contributed by atoms with Gasteiger partial charge in [-0.15, -0.1) is 11.6 Å². The molecule has 0 heterocycles. The summed E-state index contributed by atoms with van der Waals surface area (Å²) in [7, 11) is 0. The van der Waals surface area contributed by atoms with Crippen LogP contribution in [0, 0.1) is 34.5 Å². The number of ketones is 2. The average molecular weight is 544 g/mol. The van der Waals surface area contributed by atoms with Gasteiger partial charge in [0.25, 0.3) is 0 Å². The van der Waals surface area contributed by atoms with E-state index >= 15 is 0 Å². The quantitative estimate of drug-likeness (QED) is 0.399. The lowest BCUT2D eigenvalue weighted by molar-refractivity contribution is -0.201. The van der Waals surface area contributed by atoms with Gasteiger partial charge in [-0.05, 0) is 49.5 Å². The number of Topliss-reactive ketones (excluding diaryl/α,β-unsaturated/α-hetero) is 1. The van der Waals surface area contributed by atoms with Crippen molar-refractivity contribution in [2.24, 2.45) is 34.5 Å². The summed E-state index contributed by atoms with van der Waals surface area (Å²) >= 11 is 10.2. The topological polar surface area (TPSA) is 80.7 Å². The Balaban J connectivity index is 1.87. The second kappa shape index (κ2) is 8.16. The lowest BCUT2D eigenvalue weighted by atomic mass is 9.43. The van der Waals surface area contributed by atoms with E-state index in [4.69, 9.17) is 16.3 Å². The molecule has 0 amide bonds. The van der Waals surface area contributed by atoms with Crippen LogP contribution in [0.5, 0.6) is 0 Å². The highest BCUT2D eigenvalue weighted by atomic mass is 79.9. The molecule has 3 saturated carbocycles. The average Bonchev–Trinajstić information content (AvgIpc) is 2.98. The molecule has 4 aliphatic rings. The first-order chi connectivity index (χ1) is 15.3. The van der Waals surface area contributed by atoms with Crippen LogP contribution in [0.3, 0.4) is 0 Å². The van der Waals surface area contributed by atoms with Gasteiger partial charge in [-0.1, -0.05) is 56.1 Å². The molecule has 33 heavy (non-hydrogen) atoms. The smallest absolute Gasteiger partial charge is 0.306 e. The maximum absolute atomic E-state index is 13.4. The summed E-state index contributed by atoms with van der Waals surface area (Å²) in [4.78, 5) is 38.3. The zero-order chi connectivity index (χ0) is 24.6. The molecule has 7 heteroatoms. The second-order valence-corrected chi connectivity index (χ2v) is 13.0. The number of fused-ring (bicyclic) bond motifs is 5. The summed E-state index contributed by atoms with van der Waals surface area (Å²) in [5.74, 6) is -0.640. The minimum atomic E-state index is -1.34. The van der Waals surface area contributed by atoms with Gasteiger partial charge in [0.15, 0.2) is 17.2 Å². The van der Waals surface area contributed by atoms with Gasteiger partial charge in [0.05, 0.1) is 16.3 Å². The molecule has 9 atom stereocenters. The van der Waals surface area contributed by atoms with Crippen LogP contribution in [0.2, 0.25) is 0 Å². The normalized spacial score (nSPS) is 48.9. The minimum Gasteiger partial charge on any atom is -0.450 e. The molecule has 4 aliphatic carbocycles. The van der Waals surface area contributed by atoms with Crippen molar-refractivity contribution in [3.63, 3.8) is 0 Å². The molecule has 0 aliphatic heterocycles. The lowest BCUT2D eigenvalue weighted by Gasteiger charge is -2.66. The highest BCUT2D eigenvalue weighted by Crippen LogP contribution is 2.73. The number of hydrogen-bond acceptors (Lipinski definition) is 5. The Kier molecular flexibility index (Phi) is 6.28. The Morgan fingerprint density at radius 2 is 1.91 bits per heavy atom. The van der Waals surface area contributed by atoms with E-state index < -0.39 is 27.4 Å². The molecular formula is C26H36BrClO5. The molecule has 0 spiro atoms. The van der Waals surface area contributed by atoms with Crippen LogP contribution < -0.4 is 0 Å². The van der Waals surface area contributed by atoms with Crippen LogP contribution in [0.4, 0.5) is 0 Å². The number of aliphatic hydroxyl groups excluding tert-OH is 1. The standard InChI is InChI=1S/C26H36BrClO5/c1-6-22(32)33-26(21(31)13-28)15(3)10-18-19-9-14(2)17-11-16(29)7-8-23(17,4)25(19,27)20(30)12-24(18,26)5/h11,14-15,18-20,30H,6-10,12-13H2,1-5H3/t14?,15?,18-,19-,20?,23-,24-,25-,26-/m0/s1. The van der Waals surface area contributed by atoms with Crippen LogP contribution in [0.15, 0.2) is 11.6 Å². The van der Waals surface area contributed by atoms with Gasteiger partial charge >= 0.3 is 5.97 Å². The predicted molar refractivity (Wildman–Crippen MR) is 130 cm³/mol. The Labute approximate surface area is 210 Å². The maximum Gasteiger partial charge on any atom is 0.306 e. The van der Waals surface area contributed by atoms with Crippen molar-refractivity contribution >= 4 is 45.1 Å². The fourth-order valence-electron chi connectivity index (χ4n) is 8.51. The first-order valence-electron chi connectivity index (χ1n) is 12.3. The Morgan fingerprint density at radius 3 is 2.52 bits per heavy atom. The molecule has 0 radical (unpaired) electrons. The summed E-state index contributed by atoms with van der Waals surface area (Å²) in [6.45, 7) is 10.1. The summed E-state index contributed by atoms with van der Waals surface area (Å²) < 4.78 is 5.45. The number of alkyl halides is 2. The zero-order valence-electron chi connectivity index (χ0n) is 20.2. The third kappa shape index (κ3) is 3.08. The van der Waals surface area contributed by atoms with Gasteiger partial charge in [-0.25, -0.2) is 0 Å². The van der Waals surface area contributed by atoms with Gasteiger partial charge in [0.2, 0.25) is 0 Å². The fourth-order valence-corrected chi connectivity index (χ4v) is 9.80. The maximum atomic E-state index is 13.4. The highest BCUT2D eigenvalue weighted by molar-refractivity contribution is 9.10. The second-order valence-electron chi connectivity index (χ2n) is 11.4. The molecule has 0 aromatic heterocycles. The third-order valence-electron chi connectivity index (χ3n) is 10.0. The molecule has 0 bridgehead atoms. The van der Waals surface area contributed by atoms with Crippen molar-refractivity contribution in [3.8, 4) is 0 Å². The SMILES string of the molecule is CCC(=O)O[C@]1(C(=O)CCl)C(C)C[C@H]2[C@@H]3CC(C)C4=CC(=O)CC[C@]4(C)[C@@]3(Br)C(O)C[C@@]21C. The highest BCUT2D eigenvalue weighted by Gasteiger charge is 2.76. The van der Waals surface area contributed by atoms with Gasteiger partial charge < -0.3 is 9.84 Å². The molecule has 0 aromatic carbocycles. The van der Waals surface area contributed by atoms with E-state index in [1.54, 1.807) is 6.92 Å². The number of aliphatic hydroxyl groups is 1. The minimum absolute atomic E-state index is 0.0596. The monoisotopic (exact) mass is 542 g/mol. The first kappa shape index (κ1) is 25.4. The fraction of sp³-hybridized carbons (Fsp3) is 0.808. The molecule has 5 nitrogen and oxygen atoms in total. The van der Waals surface area contributed by atoms with Gasteiger partial charge in [0.1, 0.15) is 0 Å². The number of esters is 1. The number of carbonyl (C=O) groups is 3. The van der Waals surface area contributed by atoms with E-state index in [2.05, 4.69) is 29.8 Å². The van der Waals surface area contributed by atoms with E-state index in [1.807, 2.05) is 19.9 Å². The van der Waals surface area contributed by atoms with E-state index in [0.717, 1.165) is 18.4 Å². The van der Waals surface area contributed by atoms with Crippen molar-refractivity contribution in [2.45, 2.75) is 89.2 Å². The molecule has 3 unspecified atom stereocenters. The van der Waals surface area contributed by atoms with E-state index in [1.165, 1.54) is 0 Å². The number of halogens is 2. The van der Waals surface area contributed by atoms with E-state index in [0.29, 0.717) is 19.3 Å². The molecule has 0 saturated heterocycles. The Morgan fingerprint density at radius 1 is 1.24 bits per heavy atom. The molecule has 4 rings (SSSR count).